The lowest BCUT2D eigenvalue weighted by Crippen LogP contribution is -2.50. The SMILES string of the molecule is COC(=O)[C@H](C)N(C(=O)Cc1ccc(OC)cc1)[C@@H]1CCS(=O)(=O)C1. The third kappa shape index (κ3) is 4.72. The molecule has 1 aliphatic rings. The zero-order valence-corrected chi connectivity index (χ0v) is 15.4. The van der Waals surface area contributed by atoms with Crippen LogP contribution in [0.1, 0.15) is 18.9 Å². The molecule has 0 unspecified atom stereocenters. The molecule has 1 amide bonds. The van der Waals surface area contributed by atoms with Crippen molar-refractivity contribution in [2.75, 3.05) is 25.7 Å². The van der Waals surface area contributed by atoms with E-state index >= 15 is 0 Å². The van der Waals surface area contributed by atoms with Gasteiger partial charge in [0.15, 0.2) is 9.84 Å². The van der Waals surface area contributed by atoms with Crippen molar-refractivity contribution < 1.29 is 27.5 Å². The van der Waals surface area contributed by atoms with Gasteiger partial charge in [-0.3, -0.25) is 4.79 Å². The quantitative estimate of drug-likeness (QED) is 0.690. The van der Waals surface area contributed by atoms with E-state index in [1.54, 1.807) is 38.3 Å². The van der Waals surface area contributed by atoms with Gasteiger partial charge in [-0.25, -0.2) is 13.2 Å². The highest BCUT2D eigenvalue weighted by atomic mass is 32.2. The van der Waals surface area contributed by atoms with Gasteiger partial charge in [-0.15, -0.1) is 0 Å². The maximum absolute atomic E-state index is 12.8. The second-order valence-corrected chi connectivity index (χ2v) is 8.31. The largest absolute Gasteiger partial charge is 0.497 e. The summed E-state index contributed by atoms with van der Waals surface area (Å²) >= 11 is 0. The molecule has 0 aliphatic carbocycles. The molecule has 1 aromatic carbocycles. The van der Waals surface area contributed by atoms with E-state index < -0.39 is 27.9 Å². The van der Waals surface area contributed by atoms with Crippen LogP contribution in [0.5, 0.6) is 5.75 Å². The highest BCUT2D eigenvalue weighted by Gasteiger charge is 2.39. The maximum atomic E-state index is 12.8. The molecule has 1 fully saturated rings. The van der Waals surface area contributed by atoms with Gasteiger partial charge in [0.25, 0.3) is 0 Å². The molecule has 0 spiro atoms. The predicted molar refractivity (Wildman–Crippen MR) is 92.1 cm³/mol. The third-order valence-corrected chi connectivity index (χ3v) is 6.11. The Bertz CT molecular complexity index is 728. The van der Waals surface area contributed by atoms with Gasteiger partial charge in [0.2, 0.25) is 5.91 Å². The number of benzene rings is 1. The fraction of sp³-hybridized carbons (Fsp3) is 0.529. The highest BCUT2D eigenvalue weighted by Crippen LogP contribution is 2.22. The summed E-state index contributed by atoms with van der Waals surface area (Å²) in [7, 11) is -0.382. The van der Waals surface area contributed by atoms with Crippen LogP contribution in [-0.2, 0) is 30.6 Å². The van der Waals surface area contributed by atoms with Crippen LogP contribution in [0.2, 0.25) is 0 Å². The topological polar surface area (TPSA) is 90.0 Å². The molecule has 0 bridgehead atoms. The van der Waals surface area contributed by atoms with E-state index in [4.69, 9.17) is 9.47 Å². The Labute approximate surface area is 147 Å². The van der Waals surface area contributed by atoms with Gasteiger partial charge in [0.1, 0.15) is 11.8 Å². The zero-order chi connectivity index (χ0) is 18.6. The minimum absolute atomic E-state index is 0.0257. The molecule has 0 radical (unpaired) electrons. The smallest absolute Gasteiger partial charge is 0.328 e. The van der Waals surface area contributed by atoms with Crippen LogP contribution in [0.3, 0.4) is 0 Å². The molecule has 1 aromatic rings. The number of rotatable bonds is 6. The van der Waals surface area contributed by atoms with Crippen LogP contribution in [0, 0.1) is 0 Å². The van der Waals surface area contributed by atoms with Crippen LogP contribution in [0.25, 0.3) is 0 Å². The van der Waals surface area contributed by atoms with Gasteiger partial charge in [-0.05, 0) is 31.0 Å². The number of nitrogens with zero attached hydrogens (tertiary/aromatic N) is 1. The first-order valence-corrected chi connectivity index (χ1v) is 9.82. The van der Waals surface area contributed by atoms with Crippen molar-refractivity contribution in [1.29, 1.82) is 0 Å². The highest BCUT2D eigenvalue weighted by molar-refractivity contribution is 7.91. The maximum Gasteiger partial charge on any atom is 0.328 e. The number of amides is 1. The number of carbonyl (C=O) groups is 2. The van der Waals surface area contributed by atoms with Gasteiger partial charge < -0.3 is 14.4 Å². The first kappa shape index (κ1) is 19.2. The van der Waals surface area contributed by atoms with Gasteiger partial charge in [0, 0.05) is 6.04 Å². The Balaban J connectivity index is 2.21. The summed E-state index contributed by atoms with van der Waals surface area (Å²) in [5, 5.41) is 0. The molecule has 1 aliphatic heterocycles. The molecule has 0 N–H and O–H groups in total. The zero-order valence-electron chi connectivity index (χ0n) is 14.6. The lowest BCUT2D eigenvalue weighted by molar-refractivity contribution is -0.153. The number of carbonyl (C=O) groups excluding carboxylic acids is 2. The lowest BCUT2D eigenvalue weighted by atomic mass is 10.1. The molecule has 0 saturated carbocycles. The van der Waals surface area contributed by atoms with Crippen molar-refractivity contribution >= 4 is 21.7 Å². The molecule has 8 heteroatoms. The Morgan fingerprint density at radius 2 is 1.88 bits per heavy atom. The summed E-state index contributed by atoms with van der Waals surface area (Å²) < 4.78 is 33.4. The molecule has 1 saturated heterocycles. The van der Waals surface area contributed by atoms with Crippen LogP contribution in [0.15, 0.2) is 24.3 Å². The van der Waals surface area contributed by atoms with E-state index in [1.165, 1.54) is 12.0 Å². The summed E-state index contributed by atoms with van der Waals surface area (Å²) in [5.41, 5.74) is 0.758. The minimum Gasteiger partial charge on any atom is -0.497 e. The Hall–Kier alpha value is -2.09. The first-order valence-electron chi connectivity index (χ1n) is 7.99. The van der Waals surface area contributed by atoms with E-state index in [-0.39, 0.29) is 23.8 Å². The minimum atomic E-state index is -3.18. The van der Waals surface area contributed by atoms with Crippen molar-refractivity contribution in [3.05, 3.63) is 29.8 Å². The standard InChI is InChI=1S/C17H23NO6S/c1-12(17(20)24-3)18(14-8-9-25(21,22)11-14)16(19)10-13-4-6-15(23-2)7-5-13/h4-7,12,14H,8-11H2,1-3H3/t12-,14+/m0/s1. The van der Waals surface area contributed by atoms with E-state index in [1.807, 2.05) is 0 Å². The third-order valence-electron chi connectivity index (χ3n) is 4.36. The van der Waals surface area contributed by atoms with E-state index in [9.17, 15) is 18.0 Å². The van der Waals surface area contributed by atoms with Crippen LogP contribution < -0.4 is 4.74 Å². The number of hydrogen-bond acceptors (Lipinski definition) is 6. The van der Waals surface area contributed by atoms with Crippen molar-refractivity contribution in [3.8, 4) is 5.75 Å². The number of esters is 1. The molecule has 2 atom stereocenters. The Morgan fingerprint density at radius 1 is 1.24 bits per heavy atom. The fourth-order valence-corrected chi connectivity index (χ4v) is 4.74. The van der Waals surface area contributed by atoms with Crippen LogP contribution >= 0.6 is 0 Å². The number of ether oxygens (including phenoxy) is 2. The summed E-state index contributed by atoms with van der Waals surface area (Å²) in [6, 6.07) is 5.68. The second-order valence-electron chi connectivity index (χ2n) is 6.08. The second kappa shape index (κ2) is 7.86. The van der Waals surface area contributed by atoms with Gasteiger partial charge >= 0.3 is 5.97 Å². The van der Waals surface area contributed by atoms with E-state index in [2.05, 4.69) is 0 Å². The average Bonchev–Trinajstić information content (AvgIpc) is 2.94. The van der Waals surface area contributed by atoms with Gasteiger partial charge in [-0.1, -0.05) is 12.1 Å². The summed E-state index contributed by atoms with van der Waals surface area (Å²) in [5.74, 6) is -0.281. The summed E-state index contributed by atoms with van der Waals surface area (Å²) in [6.07, 6.45) is 0.403. The molecule has 25 heavy (non-hydrogen) atoms. The normalized spacial score (nSPS) is 19.9. The molecule has 2 rings (SSSR count). The lowest BCUT2D eigenvalue weighted by Gasteiger charge is -2.32. The van der Waals surface area contributed by atoms with Crippen LogP contribution in [-0.4, -0.2) is 63.0 Å². The summed E-state index contributed by atoms with van der Waals surface area (Å²) in [4.78, 5) is 26.1. The predicted octanol–water partition coefficient (Wildman–Crippen LogP) is 0.815. The Kier molecular flexibility index (Phi) is 6.05. The van der Waals surface area contributed by atoms with Crippen molar-refractivity contribution in [2.45, 2.75) is 31.8 Å². The molecular weight excluding hydrogens is 346 g/mol. The molecule has 138 valence electrons. The molecule has 1 heterocycles. The van der Waals surface area contributed by atoms with Crippen LogP contribution in [0.4, 0.5) is 0 Å². The van der Waals surface area contributed by atoms with Gasteiger partial charge in [-0.2, -0.15) is 0 Å². The van der Waals surface area contributed by atoms with Crippen molar-refractivity contribution in [2.24, 2.45) is 0 Å². The molecule has 0 aromatic heterocycles. The molecular formula is C17H23NO6S. The van der Waals surface area contributed by atoms with Gasteiger partial charge in [0.05, 0.1) is 32.1 Å². The number of hydrogen-bond donors (Lipinski definition) is 0. The van der Waals surface area contributed by atoms with E-state index in [0.29, 0.717) is 12.2 Å². The fourth-order valence-electron chi connectivity index (χ4n) is 3.02. The van der Waals surface area contributed by atoms with E-state index in [0.717, 1.165) is 5.56 Å². The van der Waals surface area contributed by atoms with Crippen molar-refractivity contribution in [3.63, 3.8) is 0 Å². The molecule has 7 nitrogen and oxygen atoms in total. The monoisotopic (exact) mass is 369 g/mol. The van der Waals surface area contributed by atoms with Crippen molar-refractivity contribution in [1.82, 2.24) is 4.90 Å². The Morgan fingerprint density at radius 3 is 2.36 bits per heavy atom. The number of methoxy groups -OCH3 is 2. The number of sulfone groups is 1. The first-order chi connectivity index (χ1) is 11.8. The average molecular weight is 369 g/mol. The summed E-state index contributed by atoms with van der Waals surface area (Å²) in [6.45, 7) is 1.56.